The lowest BCUT2D eigenvalue weighted by Gasteiger charge is -2.29. The van der Waals surface area contributed by atoms with Crippen molar-refractivity contribution in [3.8, 4) is 11.5 Å². The number of benzene rings is 1. The van der Waals surface area contributed by atoms with Gasteiger partial charge >= 0.3 is 0 Å². The van der Waals surface area contributed by atoms with Crippen LogP contribution in [0.15, 0.2) is 28.7 Å². The van der Waals surface area contributed by atoms with Gasteiger partial charge in [-0.05, 0) is 57.6 Å². The Morgan fingerprint density at radius 2 is 2.18 bits per heavy atom. The molecule has 28 heavy (non-hydrogen) atoms. The van der Waals surface area contributed by atoms with Crippen LogP contribution in [0.5, 0.6) is 0 Å². The van der Waals surface area contributed by atoms with Gasteiger partial charge in [-0.25, -0.2) is 4.98 Å². The molecule has 1 saturated carbocycles. The van der Waals surface area contributed by atoms with Gasteiger partial charge in [-0.3, -0.25) is 0 Å². The van der Waals surface area contributed by atoms with Gasteiger partial charge in [0.05, 0.1) is 12.7 Å². The van der Waals surface area contributed by atoms with Gasteiger partial charge in [0.2, 0.25) is 5.89 Å². The van der Waals surface area contributed by atoms with Gasteiger partial charge in [0.25, 0.3) is 0 Å². The summed E-state index contributed by atoms with van der Waals surface area (Å²) in [5.74, 6) is 3.52. The van der Waals surface area contributed by atoms with Crippen molar-refractivity contribution in [2.45, 2.75) is 70.3 Å². The highest BCUT2D eigenvalue weighted by Crippen LogP contribution is 2.33. The van der Waals surface area contributed by atoms with Crippen LogP contribution in [0, 0.1) is 19.8 Å². The Morgan fingerprint density at radius 1 is 1.25 bits per heavy atom. The molecule has 1 N–H and O–H groups in total. The molecule has 1 saturated heterocycles. The van der Waals surface area contributed by atoms with Crippen molar-refractivity contribution in [1.29, 1.82) is 0 Å². The average molecular weight is 401 g/mol. The van der Waals surface area contributed by atoms with Crippen molar-refractivity contribution in [3.63, 3.8) is 0 Å². The Hall–Kier alpha value is -1.30. The third kappa shape index (κ3) is 5.19. The quantitative estimate of drug-likeness (QED) is 0.667. The van der Waals surface area contributed by atoms with E-state index in [1.54, 1.807) is 0 Å². The summed E-state index contributed by atoms with van der Waals surface area (Å²) in [5.41, 5.74) is 3.18. The SMILES string of the molecule is Cc1cccc(-c2nc(CO[C@@H]3CCC[C@H](CCC4CNCS4)C3)c(C)o2)c1. The van der Waals surface area contributed by atoms with Crippen LogP contribution >= 0.6 is 11.8 Å². The Kier molecular flexibility index (Phi) is 6.76. The predicted molar refractivity (Wildman–Crippen MR) is 115 cm³/mol. The van der Waals surface area contributed by atoms with Crippen molar-refractivity contribution in [2.75, 3.05) is 12.4 Å². The minimum Gasteiger partial charge on any atom is -0.441 e. The molecule has 2 aliphatic rings. The number of oxazole rings is 1. The number of thioether (sulfide) groups is 1. The molecule has 4 rings (SSSR count). The lowest BCUT2D eigenvalue weighted by atomic mass is 9.84. The largest absolute Gasteiger partial charge is 0.441 e. The Labute approximate surface area is 172 Å². The van der Waals surface area contributed by atoms with Crippen LogP contribution in [0.1, 0.15) is 55.5 Å². The molecule has 152 valence electrons. The smallest absolute Gasteiger partial charge is 0.226 e. The van der Waals surface area contributed by atoms with Gasteiger partial charge in [-0.1, -0.05) is 30.5 Å². The summed E-state index contributed by atoms with van der Waals surface area (Å²) in [7, 11) is 0. The van der Waals surface area contributed by atoms with E-state index in [1.165, 1.54) is 50.6 Å². The van der Waals surface area contributed by atoms with Crippen LogP contribution < -0.4 is 5.32 Å². The summed E-state index contributed by atoms with van der Waals surface area (Å²) < 4.78 is 12.2. The van der Waals surface area contributed by atoms with E-state index < -0.39 is 0 Å². The number of aryl methyl sites for hydroxylation is 2. The number of ether oxygens (including phenoxy) is 1. The molecule has 1 aromatic carbocycles. The molecule has 0 spiro atoms. The topological polar surface area (TPSA) is 47.3 Å². The van der Waals surface area contributed by atoms with Crippen molar-refractivity contribution in [1.82, 2.24) is 10.3 Å². The molecule has 2 heterocycles. The van der Waals surface area contributed by atoms with Crippen molar-refractivity contribution >= 4 is 11.8 Å². The second-order valence-electron chi connectivity index (χ2n) is 8.32. The van der Waals surface area contributed by atoms with E-state index in [1.807, 2.05) is 19.1 Å². The minimum absolute atomic E-state index is 0.367. The highest BCUT2D eigenvalue weighted by Gasteiger charge is 2.25. The number of hydrogen-bond acceptors (Lipinski definition) is 5. The number of nitrogens with one attached hydrogen (secondary N) is 1. The molecule has 4 nitrogen and oxygen atoms in total. The monoisotopic (exact) mass is 400 g/mol. The summed E-state index contributed by atoms with van der Waals surface area (Å²) in [4.78, 5) is 4.71. The maximum Gasteiger partial charge on any atom is 0.226 e. The van der Waals surface area contributed by atoms with Crippen molar-refractivity contribution in [2.24, 2.45) is 5.92 Å². The average Bonchev–Trinajstić information content (AvgIpc) is 3.35. The van der Waals surface area contributed by atoms with E-state index in [-0.39, 0.29) is 0 Å². The number of nitrogens with zero attached hydrogens (tertiary/aromatic N) is 1. The molecular formula is C23H32N2O2S. The maximum absolute atomic E-state index is 6.28. The van der Waals surface area contributed by atoms with Crippen LogP contribution in [0.2, 0.25) is 0 Å². The molecule has 1 aliphatic carbocycles. The number of hydrogen-bond donors (Lipinski definition) is 1. The normalized spacial score (nSPS) is 25.3. The molecular weight excluding hydrogens is 368 g/mol. The molecule has 3 atom stereocenters. The first-order chi connectivity index (χ1) is 13.7. The second kappa shape index (κ2) is 9.47. The van der Waals surface area contributed by atoms with Gasteiger partial charge in [-0.15, -0.1) is 11.8 Å². The van der Waals surface area contributed by atoms with Crippen LogP contribution in [-0.4, -0.2) is 28.8 Å². The van der Waals surface area contributed by atoms with Gasteiger partial charge in [-0.2, -0.15) is 0 Å². The van der Waals surface area contributed by atoms with Gasteiger partial charge in [0.15, 0.2) is 0 Å². The number of rotatable bonds is 7. The zero-order chi connectivity index (χ0) is 19.3. The fraction of sp³-hybridized carbons (Fsp3) is 0.609. The lowest BCUT2D eigenvalue weighted by molar-refractivity contribution is -0.000781. The van der Waals surface area contributed by atoms with E-state index in [2.05, 4.69) is 36.1 Å². The summed E-state index contributed by atoms with van der Waals surface area (Å²) in [5, 5.41) is 4.27. The Morgan fingerprint density at radius 3 is 3.00 bits per heavy atom. The molecule has 1 aliphatic heterocycles. The van der Waals surface area contributed by atoms with E-state index >= 15 is 0 Å². The second-order valence-corrected chi connectivity index (χ2v) is 9.61. The summed E-state index contributed by atoms with van der Waals surface area (Å²) in [6, 6.07) is 8.29. The van der Waals surface area contributed by atoms with Crippen LogP contribution in [0.4, 0.5) is 0 Å². The third-order valence-electron chi connectivity index (χ3n) is 6.04. The molecule has 2 aromatic rings. The first-order valence-electron chi connectivity index (χ1n) is 10.6. The first-order valence-corrected chi connectivity index (χ1v) is 11.7. The Bertz CT molecular complexity index is 770. The fourth-order valence-electron chi connectivity index (χ4n) is 4.38. The highest BCUT2D eigenvalue weighted by molar-refractivity contribution is 8.00. The Balaban J connectivity index is 1.29. The number of aromatic nitrogens is 1. The molecule has 0 amide bonds. The predicted octanol–water partition coefficient (Wildman–Crippen LogP) is 5.48. The summed E-state index contributed by atoms with van der Waals surface area (Å²) in [6.45, 7) is 5.82. The van der Waals surface area contributed by atoms with Gasteiger partial charge < -0.3 is 14.5 Å². The van der Waals surface area contributed by atoms with Gasteiger partial charge in [0.1, 0.15) is 11.5 Å². The first kappa shape index (κ1) is 20.0. The molecule has 1 unspecified atom stereocenters. The van der Waals surface area contributed by atoms with E-state index in [0.29, 0.717) is 18.6 Å². The van der Waals surface area contributed by atoms with Gasteiger partial charge in [0, 0.05) is 23.2 Å². The highest BCUT2D eigenvalue weighted by atomic mass is 32.2. The van der Waals surface area contributed by atoms with Crippen molar-refractivity contribution < 1.29 is 9.15 Å². The molecule has 1 aromatic heterocycles. The third-order valence-corrected chi connectivity index (χ3v) is 7.28. The summed E-state index contributed by atoms with van der Waals surface area (Å²) >= 11 is 2.08. The zero-order valence-electron chi connectivity index (χ0n) is 17.1. The van der Waals surface area contributed by atoms with Crippen LogP contribution in [-0.2, 0) is 11.3 Å². The summed E-state index contributed by atoms with van der Waals surface area (Å²) in [6.07, 6.45) is 8.09. The van der Waals surface area contributed by atoms with E-state index in [4.69, 9.17) is 14.1 Å². The van der Waals surface area contributed by atoms with E-state index in [9.17, 15) is 0 Å². The maximum atomic E-state index is 6.28. The lowest BCUT2D eigenvalue weighted by Crippen LogP contribution is -2.24. The minimum atomic E-state index is 0.367. The van der Waals surface area contributed by atoms with Crippen molar-refractivity contribution in [3.05, 3.63) is 41.3 Å². The fourth-order valence-corrected chi connectivity index (χ4v) is 5.39. The molecule has 5 heteroatoms. The van der Waals surface area contributed by atoms with Crippen LogP contribution in [0.3, 0.4) is 0 Å². The van der Waals surface area contributed by atoms with E-state index in [0.717, 1.165) is 34.1 Å². The standard InChI is InChI=1S/C23H32N2O2S/c1-16-5-3-7-19(11-16)23-25-22(17(2)27-23)14-26-20-8-4-6-18(12-20)9-10-21-13-24-15-28-21/h3,5,7,11,18,20-21,24H,4,6,8-10,12-15H2,1-2H3/t18-,20-,21?/m1/s1. The molecule has 0 bridgehead atoms. The molecule has 2 fully saturated rings. The molecule has 0 radical (unpaired) electrons. The van der Waals surface area contributed by atoms with Crippen LogP contribution in [0.25, 0.3) is 11.5 Å². The zero-order valence-corrected chi connectivity index (χ0v) is 17.9.